The number of rotatable bonds is 4. The first-order chi connectivity index (χ1) is 11.8. The Labute approximate surface area is 143 Å². The molecule has 25 heavy (non-hydrogen) atoms. The quantitative estimate of drug-likeness (QED) is 0.896. The lowest BCUT2D eigenvalue weighted by Gasteiger charge is -2.20. The van der Waals surface area contributed by atoms with Crippen molar-refractivity contribution in [3.05, 3.63) is 29.6 Å². The topological polar surface area (TPSA) is 86.1 Å². The Morgan fingerprint density at radius 2 is 2.20 bits per heavy atom. The summed E-state index contributed by atoms with van der Waals surface area (Å²) in [5.74, 6) is -4.21. The molecule has 0 unspecified atom stereocenters. The lowest BCUT2D eigenvalue weighted by atomic mass is 9.95. The number of alkyl halides is 2. The first kappa shape index (κ1) is 17.3. The summed E-state index contributed by atoms with van der Waals surface area (Å²) < 4.78 is 26.8. The van der Waals surface area contributed by atoms with Gasteiger partial charge in [-0.1, -0.05) is 6.92 Å². The van der Waals surface area contributed by atoms with Crippen LogP contribution in [0.15, 0.2) is 18.5 Å². The predicted octanol–water partition coefficient (Wildman–Crippen LogP) is 1.62. The molecule has 0 aromatic carbocycles. The van der Waals surface area contributed by atoms with Crippen LogP contribution in [0.2, 0.25) is 0 Å². The fraction of sp³-hybridized carbons (Fsp3) is 0.529. The second kappa shape index (κ2) is 6.06. The van der Waals surface area contributed by atoms with Crippen LogP contribution in [0.5, 0.6) is 0 Å². The number of aromatic nitrogens is 1. The first-order valence-corrected chi connectivity index (χ1v) is 8.05. The highest BCUT2D eigenvalue weighted by Gasteiger charge is 2.47. The molecule has 0 spiro atoms. The summed E-state index contributed by atoms with van der Waals surface area (Å²) in [5, 5.41) is 11.4. The number of carbonyl (C=O) groups is 2. The van der Waals surface area contributed by atoms with Crippen molar-refractivity contribution < 1.29 is 18.4 Å². The molecule has 1 N–H and O–H groups in total. The normalized spacial score (nSPS) is 23.0. The molecule has 132 valence electrons. The van der Waals surface area contributed by atoms with Crippen LogP contribution in [-0.4, -0.2) is 46.8 Å². The highest BCUT2D eigenvalue weighted by Crippen LogP contribution is 2.48. The zero-order chi connectivity index (χ0) is 18.2. The molecule has 1 aromatic heterocycles. The van der Waals surface area contributed by atoms with E-state index in [1.54, 1.807) is 18.3 Å². The van der Waals surface area contributed by atoms with E-state index >= 15 is 0 Å². The second-order valence-corrected chi connectivity index (χ2v) is 6.89. The van der Waals surface area contributed by atoms with E-state index in [1.807, 2.05) is 6.92 Å². The van der Waals surface area contributed by atoms with Gasteiger partial charge in [0.25, 0.3) is 11.8 Å². The Hall–Kier alpha value is -2.56. The van der Waals surface area contributed by atoms with Crippen molar-refractivity contribution in [1.82, 2.24) is 15.2 Å². The first-order valence-electron chi connectivity index (χ1n) is 8.05. The van der Waals surface area contributed by atoms with Crippen molar-refractivity contribution >= 4 is 11.8 Å². The minimum atomic E-state index is -3.07. The fourth-order valence-corrected chi connectivity index (χ4v) is 3.08. The van der Waals surface area contributed by atoms with E-state index in [2.05, 4.69) is 10.3 Å². The third-order valence-electron chi connectivity index (χ3n) is 4.86. The number of hydrogen-bond donors (Lipinski definition) is 1. The number of nitrogens with zero attached hydrogens (tertiary/aromatic N) is 3. The van der Waals surface area contributed by atoms with E-state index < -0.39 is 43.3 Å². The van der Waals surface area contributed by atoms with Crippen LogP contribution in [-0.2, 0) is 10.2 Å². The molecule has 2 heterocycles. The average Bonchev–Trinajstić information content (AvgIpc) is 3.25. The monoisotopic (exact) mass is 348 g/mol. The van der Waals surface area contributed by atoms with Crippen molar-refractivity contribution in [2.75, 3.05) is 13.1 Å². The number of pyridine rings is 1. The molecule has 2 amide bonds. The summed E-state index contributed by atoms with van der Waals surface area (Å²) in [5.41, 5.74) is 1.18. The van der Waals surface area contributed by atoms with Gasteiger partial charge >= 0.3 is 0 Å². The summed E-state index contributed by atoms with van der Waals surface area (Å²) >= 11 is 0. The van der Waals surface area contributed by atoms with Crippen LogP contribution in [0, 0.1) is 11.3 Å². The largest absolute Gasteiger partial charge is 0.343 e. The fourth-order valence-electron chi connectivity index (χ4n) is 3.08. The van der Waals surface area contributed by atoms with Gasteiger partial charge in [0.15, 0.2) is 0 Å². The zero-order valence-corrected chi connectivity index (χ0v) is 13.8. The highest BCUT2D eigenvalue weighted by molar-refractivity contribution is 5.98. The third kappa shape index (κ3) is 3.45. The zero-order valence-electron chi connectivity index (χ0n) is 13.8. The molecule has 0 radical (unpaired) electrons. The second-order valence-electron chi connectivity index (χ2n) is 6.89. The van der Waals surface area contributed by atoms with Gasteiger partial charge < -0.3 is 10.2 Å². The maximum atomic E-state index is 13.4. The maximum Gasteiger partial charge on any atom is 0.268 e. The van der Waals surface area contributed by atoms with E-state index in [0.29, 0.717) is 5.56 Å². The minimum Gasteiger partial charge on any atom is -0.343 e. The lowest BCUT2D eigenvalue weighted by Crippen LogP contribution is -2.43. The molecule has 3 rings (SSSR count). The van der Waals surface area contributed by atoms with E-state index in [9.17, 15) is 18.4 Å². The molecule has 1 aromatic rings. The Kier molecular flexibility index (Phi) is 4.19. The van der Waals surface area contributed by atoms with E-state index in [0.717, 1.165) is 23.3 Å². The Bertz CT molecular complexity index is 755. The summed E-state index contributed by atoms with van der Waals surface area (Å²) in [6.45, 7) is 0.819. The molecular formula is C17H18F2N4O2. The predicted molar refractivity (Wildman–Crippen MR) is 83.8 cm³/mol. The van der Waals surface area contributed by atoms with Gasteiger partial charge in [0.2, 0.25) is 5.91 Å². The van der Waals surface area contributed by atoms with Crippen molar-refractivity contribution in [2.45, 2.75) is 43.6 Å². The molecular weight excluding hydrogens is 330 g/mol. The van der Waals surface area contributed by atoms with Gasteiger partial charge in [-0.2, -0.15) is 5.26 Å². The van der Waals surface area contributed by atoms with Crippen LogP contribution < -0.4 is 5.32 Å². The molecule has 1 saturated carbocycles. The van der Waals surface area contributed by atoms with E-state index in [1.165, 1.54) is 6.20 Å². The number of nitriles is 1. The van der Waals surface area contributed by atoms with Crippen LogP contribution in [0.4, 0.5) is 8.78 Å². The van der Waals surface area contributed by atoms with E-state index in [4.69, 9.17) is 5.26 Å². The van der Waals surface area contributed by atoms with Gasteiger partial charge in [-0.25, -0.2) is 8.78 Å². The molecule has 1 aliphatic carbocycles. The SMILES string of the molecule is CC1(c2cnccc2C(=O)NCC(=O)N2CC(F)(F)C[C@H]2C#N)CC1. The Balaban J connectivity index is 1.66. The van der Waals surface area contributed by atoms with Gasteiger partial charge in [-0.05, 0) is 29.9 Å². The summed E-state index contributed by atoms with van der Waals surface area (Å²) in [6, 6.07) is 2.13. The maximum absolute atomic E-state index is 13.4. The van der Waals surface area contributed by atoms with Gasteiger partial charge in [0.1, 0.15) is 6.04 Å². The molecule has 8 heteroatoms. The van der Waals surface area contributed by atoms with Gasteiger partial charge in [-0.15, -0.1) is 0 Å². The van der Waals surface area contributed by atoms with Crippen LogP contribution in [0.3, 0.4) is 0 Å². The number of carbonyl (C=O) groups excluding carboxylic acids is 2. The smallest absolute Gasteiger partial charge is 0.268 e. The molecule has 1 aliphatic heterocycles. The average molecular weight is 348 g/mol. The lowest BCUT2D eigenvalue weighted by molar-refractivity contribution is -0.131. The van der Waals surface area contributed by atoms with E-state index in [-0.39, 0.29) is 5.41 Å². The molecule has 1 atom stereocenters. The van der Waals surface area contributed by atoms with Gasteiger partial charge in [0, 0.05) is 24.4 Å². The molecule has 2 fully saturated rings. The summed E-state index contributed by atoms with van der Waals surface area (Å²) in [7, 11) is 0. The number of nitrogens with one attached hydrogen (secondary N) is 1. The molecule has 6 nitrogen and oxygen atoms in total. The van der Waals surface area contributed by atoms with Crippen molar-refractivity contribution in [3.8, 4) is 6.07 Å². The number of likely N-dealkylation sites (tertiary alicyclic amines) is 1. The number of halogens is 2. The third-order valence-corrected chi connectivity index (χ3v) is 4.86. The Morgan fingerprint density at radius 1 is 1.48 bits per heavy atom. The van der Waals surface area contributed by atoms with Crippen LogP contribution in [0.25, 0.3) is 0 Å². The summed E-state index contributed by atoms with van der Waals surface area (Å²) in [4.78, 5) is 29.4. The highest BCUT2D eigenvalue weighted by atomic mass is 19.3. The Morgan fingerprint density at radius 3 is 2.84 bits per heavy atom. The number of amides is 2. The minimum absolute atomic E-state index is 0.0755. The van der Waals surface area contributed by atoms with Gasteiger partial charge in [-0.3, -0.25) is 14.6 Å². The van der Waals surface area contributed by atoms with Gasteiger partial charge in [0.05, 0.1) is 19.2 Å². The van der Waals surface area contributed by atoms with Crippen LogP contribution in [0.1, 0.15) is 42.1 Å². The van der Waals surface area contributed by atoms with Crippen molar-refractivity contribution in [2.24, 2.45) is 0 Å². The standard InChI is InChI=1S/C17H18F2N4O2/c1-16(3-4-16)13-8-21-5-2-12(13)15(25)22-9-14(24)23-10-17(18,19)6-11(23)7-20/h2,5,8,11H,3-4,6,9-10H2,1H3,(H,22,25)/t11-/m0/s1. The summed E-state index contributed by atoms with van der Waals surface area (Å²) in [6.07, 6.45) is 4.40. The molecule has 0 bridgehead atoms. The molecule has 2 aliphatic rings. The number of hydrogen-bond acceptors (Lipinski definition) is 4. The van der Waals surface area contributed by atoms with Crippen molar-refractivity contribution in [3.63, 3.8) is 0 Å². The molecule has 1 saturated heterocycles. The van der Waals surface area contributed by atoms with Crippen LogP contribution >= 0.6 is 0 Å². The van der Waals surface area contributed by atoms with Crippen molar-refractivity contribution in [1.29, 1.82) is 5.26 Å².